The minimum absolute atomic E-state index is 0.0543. The number of ether oxygens (including phenoxy) is 2. The summed E-state index contributed by atoms with van der Waals surface area (Å²) < 4.78 is 11.3. The number of nitrogens with zero attached hydrogens (tertiary/aromatic N) is 2. The molecule has 4 atom stereocenters. The molecule has 0 unspecified atom stereocenters. The lowest BCUT2D eigenvalue weighted by Gasteiger charge is -2.26. The number of carbonyl (C=O) groups is 2. The number of allylic oxidation sites excluding steroid dienone is 1. The van der Waals surface area contributed by atoms with Gasteiger partial charge >= 0.3 is 12.1 Å². The molecule has 2 heterocycles. The van der Waals surface area contributed by atoms with E-state index in [0.29, 0.717) is 11.0 Å². The first-order valence-corrected chi connectivity index (χ1v) is 9.50. The first kappa shape index (κ1) is 18.8. The fraction of sp³-hybridized carbons (Fsp3) is 0.611. The molecule has 2 aliphatic heterocycles. The molecule has 3 rings (SSSR count). The molecule has 1 N–H and O–H groups in total. The van der Waals surface area contributed by atoms with Crippen molar-refractivity contribution in [2.45, 2.75) is 63.2 Å². The second kappa shape index (κ2) is 6.98. The monoisotopic (exact) mass is 380 g/mol. The Morgan fingerprint density at radius 3 is 2.77 bits per heavy atom. The van der Waals surface area contributed by atoms with Gasteiger partial charge in [-0.1, -0.05) is 6.08 Å². The summed E-state index contributed by atoms with van der Waals surface area (Å²) in [5.74, 6) is -0.381. The number of amides is 1. The summed E-state index contributed by atoms with van der Waals surface area (Å²) in [6.07, 6.45) is 5.12. The largest absolute Gasteiger partial charge is 0.489 e. The number of hydrogen-bond acceptors (Lipinski definition) is 6. The highest BCUT2D eigenvalue weighted by Gasteiger charge is 2.43. The maximum atomic E-state index is 12.3. The molecule has 3 aliphatic rings. The van der Waals surface area contributed by atoms with Crippen LogP contribution in [0.15, 0.2) is 29.0 Å². The zero-order valence-electron chi connectivity index (χ0n) is 15.3. The molecule has 1 fully saturated rings. The topological polar surface area (TPSA) is 88.4 Å². The van der Waals surface area contributed by atoms with Crippen molar-refractivity contribution >= 4 is 28.9 Å². The lowest BCUT2D eigenvalue weighted by molar-refractivity contribution is -0.142. The zero-order valence-corrected chi connectivity index (χ0v) is 16.2. The van der Waals surface area contributed by atoms with Crippen molar-refractivity contribution in [3.8, 4) is 0 Å². The van der Waals surface area contributed by atoms with Crippen LogP contribution in [0.2, 0.25) is 0 Å². The normalized spacial score (nSPS) is 30.5. The zero-order chi connectivity index (χ0) is 19.1. The fourth-order valence-corrected chi connectivity index (χ4v) is 4.20. The van der Waals surface area contributed by atoms with Crippen LogP contribution in [0.3, 0.4) is 0 Å². The standard InChI is InChI=1S/C18H24N2O5S/c1-10-19-13-7-11(5-6-15(13)26-10)24-12-8-14(16(21)22)20(9-12)17(23)25-18(2,3)4/h5-7,12-15H,8-9H2,1-4H3,(H,21,22)/t12-,13-,14-,15+/m0/s1. The molecule has 0 aromatic heterocycles. The third-order valence-corrected chi connectivity index (χ3v) is 5.39. The first-order chi connectivity index (χ1) is 12.1. The van der Waals surface area contributed by atoms with Crippen molar-refractivity contribution in [3.05, 3.63) is 24.0 Å². The van der Waals surface area contributed by atoms with Gasteiger partial charge in [0.15, 0.2) is 0 Å². The van der Waals surface area contributed by atoms with Crippen LogP contribution in [0, 0.1) is 0 Å². The van der Waals surface area contributed by atoms with Gasteiger partial charge in [0.05, 0.1) is 22.9 Å². The highest BCUT2D eigenvalue weighted by Crippen LogP contribution is 2.33. The summed E-state index contributed by atoms with van der Waals surface area (Å²) in [6.45, 7) is 7.42. The molecule has 1 saturated heterocycles. The van der Waals surface area contributed by atoms with E-state index in [9.17, 15) is 14.7 Å². The van der Waals surface area contributed by atoms with E-state index in [4.69, 9.17) is 9.47 Å². The van der Waals surface area contributed by atoms with E-state index < -0.39 is 29.8 Å². The predicted octanol–water partition coefficient (Wildman–Crippen LogP) is 2.82. The van der Waals surface area contributed by atoms with Gasteiger partial charge in [-0.15, -0.1) is 11.8 Å². The third-order valence-electron chi connectivity index (χ3n) is 4.24. The number of aliphatic carboxylic acids is 1. The van der Waals surface area contributed by atoms with Gasteiger partial charge in [0, 0.05) is 6.42 Å². The molecule has 0 saturated carbocycles. The molecular formula is C18H24N2O5S. The Labute approximate surface area is 157 Å². The van der Waals surface area contributed by atoms with E-state index in [2.05, 4.69) is 11.1 Å². The van der Waals surface area contributed by atoms with Crippen LogP contribution in [0.5, 0.6) is 0 Å². The number of carboxylic acids is 1. The highest BCUT2D eigenvalue weighted by atomic mass is 32.2. The molecule has 0 aromatic rings. The lowest BCUT2D eigenvalue weighted by Crippen LogP contribution is -2.43. The minimum Gasteiger partial charge on any atom is -0.489 e. The van der Waals surface area contributed by atoms with Gasteiger partial charge in [-0.2, -0.15) is 0 Å². The van der Waals surface area contributed by atoms with E-state index >= 15 is 0 Å². The molecule has 0 bridgehead atoms. The van der Waals surface area contributed by atoms with Gasteiger partial charge in [0.2, 0.25) is 0 Å². The number of fused-ring (bicyclic) bond motifs is 1. The number of aliphatic imine (C=N–C) groups is 1. The van der Waals surface area contributed by atoms with Crippen molar-refractivity contribution < 1.29 is 24.2 Å². The van der Waals surface area contributed by atoms with Crippen LogP contribution in [-0.4, -0.2) is 62.7 Å². The summed E-state index contributed by atoms with van der Waals surface area (Å²) in [5.41, 5.74) is -0.682. The van der Waals surface area contributed by atoms with E-state index in [-0.39, 0.29) is 19.0 Å². The first-order valence-electron chi connectivity index (χ1n) is 8.62. The minimum atomic E-state index is -1.05. The second-order valence-corrected chi connectivity index (χ2v) is 8.98. The molecule has 0 spiro atoms. The van der Waals surface area contributed by atoms with E-state index in [1.54, 1.807) is 32.5 Å². The lowest BCUT2D eigenvalue weighted by atomic mass is 10.1. The molecule has 0 aromatic carbocycles. The van der Waals surface area contributed by atoms with Gasteiger partial charge in [-0.25, -0.2) is 9.59 Å². The number of hydrogen-bond donors (Lipinski definition) is 1. The van der Waals surface area contributed by atoms with Crippen molar-refractivity contribution in [2.75, 3.05) is 6.54 Å². The number of carbonyl (C=O) groups excluding carboxylic acids is 1. The Morgan fingerprint density at radius 1 is 1.38 bits per heavy atom. The summed E-state index contributed by atoms with van der Waals surface area (Å²) in [6, 6.07) is -0.892. The van der Waals surface area contributed by atoms with Crippen molar-refractivity contribution in [3.63, 3.8) is 0 Å². The fourth-order valence-electron chi connectivity index (χ4n) is 3.19. The molecule has 1 amide bonds. The van der Waals surface area contributed by atoms with Gasteiger partial charge in [-0.3, -0.25) is 9.89 Å². The summed E-state index contributed by atoms with van der Waals surface area (Å²) in [4.78, 5) is 29.7. The number of thioether (sulfide) groups is 1. The van der Waals surface area contributed by atoms with Crippen LogP contribution in [0.4, 0.5) is 4.79 Å². The van der Waals surface area contributed by atoms with Crippen LogP contribution >= 0.6 is 11.8 Å². The molecule has 1 aliphatic carbocycles. The average molecular weight is 380 g/mol. The van der Waals surface area contributed by atoms with Crippen LogP contribution < -0.4 is 0 Å². The van der Waals surface area contributed by atoms with E-state index in [1.807, 2.05) is 19.1 Å². The molecule has 7 nitrogen and oxygen atoms in total. The number of likely N-dealkylation sites (tertiary alicyclic amines) is 1. The molecule has 0 radical (unpaired) electrons. The van der Waals surface area contributed by atoms with Crippen LogP contribution in [0.1, 0.15) is 34.1 Å². The van der Waals surface area contributed by atoms with Crippen LogP contribution in [0.25, 0.3) is 0 Å². The van der Waals surface area contributed by atoms with Crippen molar-refractivity contribution in [1.29, 1.82) is 0 Å². The molecule has 26 heavy (non-hydrogen) atoms. The quantitative estimate of drug-likeness (QED) is 0.810. The maximum Gasteiger partial charge on any atom is 0.411 e. The van der Waals surface area contributed by atoms with Crippen molar-refractivity contribution in [2.24, 2.45) is 4.99 Å². The van der Waals surface area contributed by atoms with E-state index in [1.165, 1.54) is 4.90 Å². The predicted molar refractivity (Wildman–Crippen MR) is 99.4 cm³/mol. The number of carboxylic acid groups (broad SMARTS) is 1. The van der Waals surface area contributed by atoms with Crippen molar-refractivity contribution in [1.82, 2.24) is 4.90 Å². The average Bonchev–Trinajstić information content (AvgIpc) is 3.08. The summed E-state index contributed by atoms with van der Waals surface area (Å²) in [5, 5.41) is 10.8. The van der Waals surface area contributed by atoms with Gasteiger partial charge in [0.25, 0.3) is 0 Å². The number of rotatable bonds is 3. The maximum absolute atomic E-state index is 12.3. The van der Waals surface area contributed by atoms with Gasteiger partial charge in [-0.05, 0) is 39.8 Å². The van der Waals surface area contributed by atoms with Gasteiger partial charge < -0.3 is 14.6 Å². The molecular weight excluding hydrogens is 356 g/mol. The Morgan fingerprint density at radius 2 is 2.12 bits per heavy atom. The molecule has 142 valence electrons. The Hall–Kier alpha value is -1.96. The highest BCUT2D eigenvalue weighted by molar-refractivity contribution is 8.14. The Balaban J connectivity index is 1.67. The van der Waals surface area contributed by atoms with E-state index in [0.717, 1.165) is 5.04 Å². The Kier molecular flexibility index (Phi) is 5.05. The SMILES string of the molecule is CC1=N[C@H]2C=C(O[C@H]3C[C@@H](C(=O)O)N(C(=O)OC(C)(C)C)C3)C=C[C@H]2S1. The Bertz CT molecular complexity index is 694. The van der Waals surface area contributed by atoms with Crippen LogP contribution in [-0.2, 0) is 14.3 Å². The molecule has 8 heteroatoms. The summed E-state index contributed by atoms with van der Waals surface area (Å²) >= 11 is 1.72. The van der Waals surface area contributed by atoms with Gasteiger partial charge in [0.1, 0.15) is 23.5 Å². The third kappa shape index (κ3) is 4.23. The summed E-state index contributed by atoms with van der Waals surface area (Å²) in [7, 11) is 0. The smallest absolute Gasteiger partial charge is 0.411 e. The second-order valence-electron chi connectivity index (χ2n) is 7.61.